The van der Waals surface area contributed by atoms with E-state index in [1.54, 1.807) is 6.07 Å². The first-order valence-electron chi connectivity index (χ1n) is 5.13. The number of rotatable bonds is 1. The lowest BCUT2D eigenvalue weighted by Crippen LogP contribution is -2.30. The molecule has 0 aromatic heterocycles. The number of hydrogen-bond acceptors (Lipinski definition) is 2. The Labute approximate surface area is 90.3 Å². The van der Waals surface area contributed by atoms with Gasteiger partial charge in [-0.3, -0.25) is 0 Å². The summed E-state index contributed by atoms with van der Waals surface area (Å²) in [5, 5.41) is 20.1. The second-order valence-corrected chi connectivity index (χ2v) is 2.94. The zero-order valence-electron chi connectivity index (χ0n) is 9.01. The van der Waals surface area contributed by atoms with Crippen LogP contribution in [-0.2, 0) is 0 Å². The Bertz CT molecular complexity index is 421. The summed E-state index contributed by atoms with van der Waals surface area (Å²) >= 11 is 0. The van der Waals surface area contributed by atoms with Gasteiger partial charge in [-0.05, 0) is 16.2 Å². The summed E-state index contributed by atoms with van der Waals surface area (Å²) in [6, 6.07) is 13.1. The first kappa shape index (κ1) is 11.8. The van der Waals surface area contributed by atoms with Crippen LogP contribution in [0.5, 0.6) is 0 Å². The second kappa shape index (κ2) is 5.54. The zero-order valence-corrected chi connectivity index (χ0v) is 9.01. The smallest absolute Gasteiger partial charge is 0.423 e. The quantitative estimate of drug-likeness (QED) is 0.688. The third kappa shape index (κ3) is 2.58. The van der Waals surface area contributed by atoms with Crippen LogP contribution in [0.1, 0.15) is 13.8 Å². The molecule has 0 spiro atoms. The Morgan fingerprint density at radius 2 is 1.47 bits per heavy atom. The molecule has 0 aliphatic rings. The van der Waals surface area contributed by atoms with E-state index in [4.69, 9.17) is 10.0 Å². The van der Waals surface area contributed by atoms with Crippen LogP contribution in [0.15, 0.2) is 42.5 Å². The number of hydrogen-bond donors (Lipinski definition) is 2. The molecule has 0 aliphatic carbocycles. The maximum atomic E-state index is 9.08. The molecule has 2 rings (SSSR count). The molecular formula is C12H15BO2. The van der Waals surface area contributed by atoms with E-state index in [9.17, 15) is 0 Å². The lowest BCUT2D eigenvalue weighted by Gasteiger charge is -2.03. The molecule has 0 heterocycles. The Morgan fingerprint density at radius 3 is 2.13 bits per heavy atom. The summed E-state index contributed by atoms with van der Waals surface area (Å²) < 4.78 is 0. The van der Waals surface area contributed by atoms with Crippen LogP contribution in [-0.4, -0.2) is 17.2 Å². The van der Waals surface area contributed by atoms with E-state index >= 15 is 0 Å². The fourth-order valence-electron chi connectivity index (χ4n) is 1.48. The average Bonchev–Trinajstić information content (AvgIpc) is 2.31. The normalized spacial score (nSPS) is 9.33. The molecule has 0 atom stereocenters. The molecule has 2 N–H and O–H groups in total. The van der Waals surface area contributed by atoms with E-state index in [0.29, 0.717) is 5.46 Å². The van der Waals surface area contributed by atoms with Gasteiger partial charge in [0.1, 0.15) is 0 Å². The minimum Gasteiger partial charge on any atom is -0.423 e. The molecule has 0 bridgehead atoms. The van der Waals surface area contributed by atoms with Gasteiger partial charge in [0.25, 0.3) is 0 Å². The van der Waals surface area contributed by atoms with Crippen molar-refractivity contribution in [3.8, 4) is 0 Å². The van der Waals surface area contributed by atoms with Crippen LogP contribution in [0.25, 0.3) is 10.8 Å². The predicted octanol–water partition coefficient (Wildman–Crippen LogP) is 1.55. The predicted molar refractivity (Wildman–Crippen MR) is 65.1 cm³/mol. The molecule has 0 radical (unpaired) electrons. The summed E-state index contributed by atoms with van der Waals surface area (Å²) in [4.78, 5) is 0. The van der Waals surface area contributed by atoms with E-state index in [-0.39, 0.29) is 0 Å². The molecule has 0 saturated carbocycles. The van der Waals surface area contributed by atoms with Gasteiger partial charge in [0.15, 0.2) is 0 Å². The van der Waals surface area contributed by atoms with Gasteiger partial charge in [-0.15, -0.1) is 0 Å². The van der Waals surface area contributed by atoms with E-state index in [1.807, 2.05) is 50.2 Å². The van der Waals surface area contributed by atoms with Gasteiger partial charge in [-0.1, -0.05) is 56.3 Å². The number of benzene rings is 2. The van der Waals surface area contributed by atoms with Crippen molar-refractivity contribution in [2.45, 2.75) is 13.8 Å². The summed E-state index contributed by atoms with van der Waals surface area (Å²) in [6.45, 7) is 4.00. The zero-order chi connectivity index (χ0) is 11.3. The molecule has 78 valence electrons. The maximum absolute atomic E-state index is 9.08. The Kier molecular flexibility index (Phi) is 4.34. The SMILES string of the molecule is CC.OB(O)c1cccc2ccccc12. The van der Waals surface area contributed by atoms with Crippen molar-refractivity contribution < 1.29 is 10.0 Å². The van der Waals surface area contributed by atoms with E-state index in [0.717, 1.165) is 10.8 Å². The van der Waals surface area contributed by atoms with Crippen molar-refractivity contribution in [3.63, 3.8) is 0 Å². The molecule has 15 heavy (non-hydrogen) atoms. The summed E-state index contributed by atoms with van der Waals surface area (Å²) in [7, 11) is -1.40. The second-order valence-electron chi connectivity index (χ2n) is 2.94. The van der Waals surface area contributed by atoms with Gasteiger partial charge >= 0.3 is 7.12 Å². The maximum Gasteiger partial charge on any atom is 0.489 e. The van der Waals surface area contributed by atoms with Gasteiger partial charge < -0.3 is 10.0 Å². The first-order chi connectivity index (χ1) is 7.29. The van der Waals surface area contributed by atoms with Gasteiger partial charge in [-0.2, -0.15) is 0 Å². The van der Waals surface area contributed by atoms with E-state index in [1.165, 1.54) is 0 Å². The Morgan fingerprint density at radius 1 is 0.867 bits per heavy atom. The summed E-state index contributed by atoms with van der Waals surface area (Å²) in [5.74, 6) is 0. The largest absolute Gasteiger partial charge is 0.489 e. The highest BCUT2D eigenvalue weighted by Gasteiger charge is 2.13. The molecule has 0 aliphatic heterocycles. The Balaban J connectivity index is 0.000000531. The van der Waals surface area contributed by atoms with Crippen LogP contribution in [0.4, 0.5) is 0 Å². The molecule has 2 nitrogen and oxygen atoms in total. The van der Waals surface area contributed by atoms with Crippen molar-refractivity contribution in [2.24, 2.45) is 0 Å². The molecule has 0 fully saturated rings. The summed E-state index contributed by atoms with van der Waals surface area (Å²) in [5.41, 5.74) is 0.554. The van der Waals surface area contributed by atoms with Gasteiger partial charge in [-0.25, -0.2) is 0 Å². The lowest BCUT2D eigenvalue weighted by molar-refractivity contribution is 0.426. The van der Waals surface area contributed by atoms with Crippen molar-refractivity contribution in [3.05, 3.63) is 42.5 Å². The average molecular weight is 202 g/mol. The third-order valence-electron chi connectivity index (χ3n) is 2.10. The fraction of sp³-hybridized carbons (Fsp3) is 0.167. The molecule has 2 aromatic rings. The highest BCUT2D eigenvalue weighted by Crippen LogP contribution is 2.10. The minimum absolute atomic E-state index is 0.554. The van der Waals surface area contributed by atoms with E-state index < -0.39 is 7.12 Å². The van der Waals surface area contributed by atoms with Crippen molar-refractivity contribution in [1.82, 2.24) is 0 Å². The van der Waals surface area contributed by atoms with Gasteiger partial charge in [0.2, 0.25) is 0 Å². The first-order valence-corrected chi connectivity index (χ1v) is 5.13. The van der Waals surface area contributed by atoms with Crippen molar-refractivity contribution in [2.75, 3.05) is 0 Å². The van der Waals surface area contributed by atoms with Crippen LogP contribution in [0.2, 0.25) is 0 Å². The van der Waals surface area contributed by atoms with Crippen LogP contribution in [0, 0.1) is 0 Å². The van der Waals surface area contributed by atoms with Crippen LogP contribution >= 0.6 is 0 Å². The van der Waals surface area contributed by atoms with Gasteiger partial charge in [0.05, 0.1) is 0 Å². The molecule has 2 aromatic carbocycles. The standard InChI is InChI=1S/C10H9BO2.C2H6/c12-11(13)10-7-3-5-8-4-1-2-6-9(8)10;1-2/h1-7,12-13H;1-2H3. The van der Waals surface area contributed by atoms with Crippen LogP contribution in [0.3, 0.4) is 0 Å². The minimum atomic E-state index is -1.40. The number of fused-ring (bicyclic) bond motifs is 1. The topological polar surface area (TPSA) is 40.5 Å². The molecule has 0 saturated heterocycles. The lowest BCUT2D eigenvalue weighted by atomic mass is 9.77. The summed E-state index contributed by atoms with van der Waals surface area (Å²) in [6.07, 6.45) is 0. The molecule has 0 unspecified atom stereocenters. The van der Waals surface area contributed by atoms with Crippen molar-refractivity contribution >= 4 is 23.4 Å². The molecular weight excluding hydrogens is 187 g/mol. The van der Waals surface area contributed by atoms with Gasteiger partial charge in [0, 0.05) is 0 Å². The Hall–Kier alpha value is -1.32. The monoisotopic (exact) mass is 202 g/mol. The van der Waals surface area contributed by atoms with E-state index in [2.05, 4.69) is 0 Å². The highest BCUT2D eigenvalue weighted by atomic mass is 16.4. The molecule has 0 amide bonds. The third-order valence-corrected chi connectivity index (χ3v) is 2.10. The fourth-order valence-corrected chi connectivity index (χ4v) is 1.48. The highest BCUT2D eigenvalue weighted by molar-refractivity contribution is 6.61. The molecule has 3 heteroatoms. The van der Waals surface area contributed by atoms with Crippen molar-refractivity contribution in [1.29, 1.82) is 0 Å². The van der Waals surface area contributed by atoms with Crippen LogP contribution < -0.4 is 5.46 Å².